The number of piperidine rings is 1. The Hall–Kier alpha value is -1.89. The molecule has 2 amide bonds. The van der Waals surface area contributed by atoms with Crippen molar-refractivity contribution in [1.82, 2.24) is 25.1 Å². The number of imidazole rings is 1. The number of carbonyl (C=O) groups excluding carboxylic acids is 2. The van der Waals surface area contributed by atoms with Gasteiger partial charge in [0.1, 0.15) is 5.82 Å². The first-order valence-corrected chi connectivity index (χ1v) is 11.3. The number of nitrogens with zero attached hydrogens (tertiary/aromatic N) is 3. The molecule has 7 nitrogen and oxygen atoms in total. The molecule has 1 aromatic rings. The molecule has 7 heteroatoms. The van der Waals surface area contributed by atoms with Gasteiger partial charge >= 0.3 is 0 Å². The Labute approximate surface area is 174 Å². The van der Waals surface area contributed by atoms with Crippen LogP contribution in [0.4, 0.5) is 0 Å². The highest BCUT2D eigenvalue weighted by Gasteiger charge is 2.29. The van der Waals surface area contributed by atoms with Crippen molar-refractivity contribution in [2.24, 2.45) is 11.8 Å². The summed E-state index contributed by atoms with van der Waals surface area (Å²) in [6.07, 6.45) is 11.3. The fourth-order valence-corrected chi connectivity index (χ4v) is 4.66. The number of carbonyl (C=O) groups is 2. The van der Waals surface area contributed by atoms with E-state index in [2.05, 4.69) is 39.1 Å². The maximum absolute atomic E-state index is 12.5. The third kappa shape index (κ3) is 6.29. The minimum absolute atomic E-state index is 0.0865. The summed E-state index contributed by atoms with van der Waals surface area (Å²) in [5, 5.41) is 6.34. The molecule has 0 aromatic carbocycles. The lowest BCUT2D eigenvalue weighted by molar-refractivity contribution is -0.128. The zero-order valence-electron chi connectivity index (χ0n) is 18.0. The minimum Gasteiger partial charge on any atom is -0.356 e. The Morgan fingerprint density at radius 1 is 1.14 bits per heavy atom. The van der Waals surface area contributed by atoms with Crippen molar-refractivity contribution < 1.29 is 9.59 Å². The summed E-state index contributed by atoms with van der Waals surface area (Å²) in [4.78, 5) is 31.6. The summed E-state index contributed by atoms with van der Waals surface area (Å²) in [7, 11) is 2.08. The first kappa shape index (κ1) is 21.8. The highest BCUT2D eigenvalue weighted by Crippen LogP contribution is 2.25. The molecular weight excluding hydrogens is 366 g/mol. The van der Waals surface area contributed by atoms with E-state index in [1.54, 1.807) is 0 Å². The van der Waals surface area contributed by atoms with Crippen molar-refractivity contribution in [3.8, 4) is 0 Å². The van der Waals surface area contributed by atoms with Gasteiger partial charge in [-0.3, -0.25) is 9.59 Å². The summed E-state index contributed by atoms with van der Waals surface area (Å²) in [5.74, 6) is 1.68. The van der Waals surface area contributed by atoms with Crippen LogP contribution in [-0.4, -0.2) is 59.0 Å². The van der Waals surface area contributed by atoms with Gasteiger partial charge in [0.2, 0.25) is 11.8 Å². The third-order valence-corrected chi connectivity index (χ3v) is 6.43. The summed E-state index contributed by atoms with van der Waals surface area (Å²) < 4.78 is 2.16. The number of hydrogen-bond donors (Lipinski definition) is 2. The van der Waals surface area contributed by atoms with Crippen molar-refractivity contribution in [3.63, 3.8) is 0 Å². The Balaban J connectivity index is 1.31. The van der Waals surface area contributed by atoms with Crippen LogP contribution in [0, 0.1) is 11.8 Å². The minimum atomic E-state index is 0.0865. The van der Waals surface area contributed by atoms with Crippen LogP contribution in [0.3, 0.4) is 0 Å². The Bertz CT molecular complexity index is 666. The molecule has 0 bridgehead atoms. The number of aryl methyl sites for hydroxylation is 2. The summed E-state index contributed by atoms with van der Waals surface area (Å²) in [6, 6.07) is 0.229. The lowest BCUT2D eigenvalue weighted by atomic mass is 9.85. The van der Waals surface area contributed by atoms with Crippen molar-refractivity contribution in [1.29, 1.82) is 0 Å². The van der Waals surface area contributed by atoms with Gasteiger partial charge in [0.05, 0.1) is 5.92 Å². The van der Waals surface area contributed by atoms with Gasteiger partial charge in [-0.2, -0.15) is 0 Å². The van der Waals surface area contributed by atoms with Crippen LogP contribution in [0.15, 0.2) is 12.4 Å². The monoisotopic (exact) mass is 403 g/mol. The van der Waals surface area contributed by atoms with Gasteiger partial charge in [-0.15, -0.1) is 0 Å². The van der Waals surface area contributed by atoms with Crippen LogP contribution in [-0.2, 0) is 22.6 Å². The predicted molar refractivity (Wildman–Crippen MR) is 113 cm³/mol. The number of likely N-dealkylation sites (tertiary alicyclic amines) is 1. The van der Waals surface area contributed by atoms with Crippen LogP contribution < -0.4 is 10.6 Å². The largest absolute Gasteiger partial charge is 0.356 e. The SMILES string of the molecule is CCc1nccn1CCCNC(=O)C1CCC(NC(=O)C2CCCN(C)C2)CC1. The molecule has 2 N–H and O–H groups in total. The van der Waals surface area contributed by atoms with Crippen LogP contribution in [0.25, 0.3) is 0 Å². The molecule has 29 heavy (non-hydrogen) atoms. The first-order valence-electron chi connectivity index (χ1n) is 11.3. The standard InChI is InChI=1S/C22H37N5O2/c1-3-20-23-12-15-27(20)14-5-11-24-21(28)17-7-9-19(10-8-17)25-22(29)18-6-4-13-26(2)16-18/h12,15,17-19H,3-11,13-14,16H2,1-2H3,(H,24,28)(H,25,29). The van der Waals surface area contributed by atoms with Crippen LogP contribution in [0.2, 0.25) is 0 Å². The second-order valence-corrected chi connectivity index (χ2v) is 8.69. The van der Waals surface area contributed by atoms with Crippen molar-refractivity contribution in [2.45, 2.75) is 70.9 Å². The highest BCUT2D eigenvalue weighted by molar-refractivity contribution is 5.80. The second-order valence-electron chi connectivity index (χ2n) is 8.69. The zero-order valence-corrected chi connectivity index (χ0v) is 18.0. The molecule has 1 atom stereocenters. The average molecular weight is 404 g/mol. The van der Waals surface area contributed by atoms with Gasteiger partial charge in [0.15, 0.2) is 0 Å². The van der Waals surface area contributed by atoms with Gasteiger partial charge in [-0.05, 0) is 58.5 Å². The molecule has 1 aromatic heterocycles. The normalized spacial score (nSPS) is 25.5. The first-order chi connectivity index (χ1) is 14.1. The summed E-state index contributed by atoms with van der Waals surface area (Å²) in [6.45, 7) is 5.64. The Morgan fingerprint density at radius 2 is 1.93 bits per heavy atom. The van der Waals surface area contributed by atoms with E-state index in [0.717, 1.165) is 76.8 Å². The van der Waals surface area contributed by atoms with E-state index in [1.165, 1.54) is 0 Å². The predicted octanol–water partition coefficient (Wildman–Crippen LogP) is 1.97. The Morgan fingerprint density at radius 3 is 2.66 bits per heavy atom. The molecule has 0 spiro atoms. The summed E-state index contributed by atoms with van der Waals surface area (Å²) >= 11 is 0. The molecular formula is C22H37N5O2. The smallest absolute Gasteiger partial charge is 0.224 e. The molecule has 1 saturated carbocycles. The van der Waals surface area contributed by atoms with Gasteiger partial charge in [0.25, 0.3) is 0 Å². The molecule has 2 aliphatic rings. The maximum atomic E-state index is 12.5. The van der Waals surface area contributed by atoms with E-state index in [1.807, 2.05) is 12.4 Å². The molecule has 2 heterocycles. The average Bonchev–Trinajstić information content (AvgIpc) is 3.19. The molecule has 1 aliphatic carbocycles. The third-order valence-electron chi connectivity index (χ3n) is 6.43. The second kappa shape index (κ2) is 10.8. The highest BCUT2D eigenvalue weighted by atomic mass is 16.2. The quantitative estimate of drug-likeness (QED) is 0.651. The topological polar surface area (TPSA) is 79.3 Å². The molecule has 2 fully saturated rings. The molecule has 162 valence electrons. The fourth-order valence-electron chi connectivity index (χ4n) is 4.66. The molecule has 1 aliphatic heterocycles. The van der Waals surface area contributed by atoms with E-state index in [9.17, 15) is 9.59 Å². The van der Waals surface area contributed by atoms with Crippen LogP contribution >= 0.6 is 0 Å². The number of hydrogen-bond acceptors (Lipinski definition) is 4. The van der Waals surface area contributed by atoms with Crippen LogP contribution in [0.5, 0.6) is 0 Å². The zero-order chi connectivity index (χ0) is 20.6. The van der Waals surface area contributed by atoms with Crippen molar-refractivity contribution >= 4 is 11.8 Å². The van der Waals surface area contributed by atoms with Crippen LogP contribution in [0.1, 0.15) is 57.7 Å². The summed E-state index contributed by atoms with van der Waals surface area (Å²) in [5.41, 5.74) is 0. The van der Waals surface area contributed by atoms with E-state index in [0.29, 0.717) is 6.54 Å². The number of rotatable bonds is 8. The number of amides is 2. The van der Waals surface area contributed by atoms with Gasteiger partial charge in [-0.25, -0.2) is 4.98 Å². The van der Waals surface area contributed by atoms with Gasteiger partial charge in [-0.1, -0.05) is 6.92 Å². The molecule has 0 radical (unpaired) electrons. The van der Waals surface area contributed by atoms with Crippen molar-refractivity contribution in [3.05, 3.63) is 18.2 Å². The fraction of sp³-hybridized carbons (Fsp3) is 0.773. The van der Waals surface area contributed by atoms with E-state index >= 15 is 0 Å². The number of aromatic nitrogens is 2. The lowest BCUT2D eigenvalue weighted by Gasteiger charge is -2.32. The van der Waals surface area contributed by atoms with Crippen molar-refractivity contribution in [2.75, 3.05) is 26.7 Å². The lowest BCUT2D eigenvalue weighted by Crippen LogP contribution is -2.46. The number of nitrogens with one attached hydrogen (secondary N) is 2. The molecule has 1 saturated heterocycles. The van der Waals surface area contributed by atoms with Gasteiger partial charge in [0, 0.05) is 50.4 Å². The molecule has 1 unspecified atom stereocenters. The molecule has 3 rings (SSSR count). The van der Waals surface area contributed by atoms with E-state index < -0.39 is 0 Å². The maximum Gasteiger partial charge on any atom is 0.224 e. The Kier molecular flexibility index (Phi) is 8.09. The van der Waals surface area contributed by atoms with Gasteiger partial charge < -0.3 is 20.1 Å². The van der Waals surface area contributed by atoms with E-state index in [4.69, 9.17) is 0 Å². The van der Waals surface area contributed by atoms with E-state index in [-0.39, 0.29) is 29.7 Å².